The molecule has 2 aliphatic rings. The minimum absolute atomic E-state index is 0.0455. The Morgan fingerprint density at radius 2 is 1.92 bits per heavy atom. The zero-order chi connectivity index (χ0) is 16.7. The van der Waals surface area contributed by atoms with Crippen LogP contribution in [0.3, 0.4) is 0 Å². The van der Waals surface area contributed by atoms with E-state index in [2.05, 4.69) is 9.88 Å². The number of likely N-dealkylation sites (tertiary alicyclic amines) is 1. The van der Waals surface area contributed by atoms with Crippen LogP contribution < -0.4 is 20.8 Å². The van der Waals surface area contributed by atoms with Gasteiger partial charge in [-0.15, -0.1) is 0 Å². The number of hydrogen-bond donors (Lipinski definition) is 2. The summed E-state index contributed by atoms with van der Waals surface area (Å²) in [5, 5.41) is 0.917. The first-order valence-corrected chi connectivity index (χ1v) is 8.07. The van der Waals surface area contributed by atoms with Crippen LogP contribution in [0.4, 0.5) is 0 Å². The lowest BCUT2D eigenvalue weighted by Crippen LogP contribution is -2.39. The summed E-state index contributed by atoms with van der Waals surface area (Å²) in [7, 11) is 0. The number of ether oxygens (including phenoxy) is 2. The molecule has 1 saturated heterocycles. The van der Waals surface area contributed by atoms with Gasteiger partial charge < -0.3 is 20.2 Å². The zero-order valence-electron chi connectivity index (χ0n) is 13.2. The van der Waals surface area contributed by atoms with Gasteiger partial charge in [0.1, 0.15) is 0 Å². The molecule has 0 unspecified atom stereocenters. The maximum atomic E-state index is 12.4. The molecule has 1 aromatic heterocycles. The van der Waals surface area contributed by atoms with Crippen molar-refractivity contribution in [2.24, 2.45) is 11.7 Å². The Kier molecular flexibility index (Phi) is 3.65. The molecule has 2 aliphatic heterocycles. The number of amides is 1. The Labute approximate surface area is 138 Å². The Hall–Kier alpha value is -2.54. The van der Waals surface area contributed by atoms with E-state index in [1.54, 1.807) is 6.07 Å². The molecule has 126 valence electrons. The van der Waals surface area contributed by atoms with Crippen molar-refractivity contribution < 1.29 is 14.3 Å². The minimum Gasteiger partial charge on any atom is -0.454 e. The van der Waals surface area contributed by atoms with Gasteiger partial charge in [0.25, 0.3) is 5.56 Å². The Balaban J connectivity index is 1.56. The molecular weight excluding hydrogens is 310 g/mol. The van der Waals surface area contributed by atoms with Crippen LogP contribution in [0.1, 0.15) is 18.4 Å². The monoisotopic (exact) mass is 329 g/mol. The van der Waals surface area contributed by atoms with Crippen molar-refractivity contribution in [2.75, 3.05) is 19.9 Å². The summed E-state index contributed by atoms with van der Waals surface area (Å²) < 4.78 is 10.7. The number of piperidine rings is 1. The highest BCUT2D eigenvalue weighted by atomic mass is 16.7. The maximum Gasteiger partial charge on any atom is 0.252 e. The highest BCUT2D eigenvalue weighted by Gasteiger charge is 2.23. The molecule has 0 bridgehead atoms. The second-order valence-corrected chi connectivity index (χ2v) is 6.37. The third-order valence-electron chi connectivity index (χ3n) is 4.80. The number of carbonyl (C=O) groups excluding carboxylic acids is 1. The number of nitrogens with two attached hydrogens (primary N) is 1. The molecule has 7 nitrogen and oxygen atoms in total. The van der Waals surface area contributed by atoms with E-state index in [0.29, 0.717) is 23.6 Å². The van der Waals surface area contributed by atoms with Crippen LogP contribution in [-0.2, 0) is 11.3 Å². The summed E-state index contributed by atoms with van der Waals surface area (Å²) >= 11 is 0. The molecule has 0 radical (unpaired) electrons. The van der Waals surface area contributed by atoms with Gasteiger partial charge in [0.15, 0.2) is 11.5 Å². The quantitative estimate of drug-likeness (QED) is 0.874. The van der Waals surface area contributed by atoms with Crippen LogP contribution in [0, 0.1) is 5.92 Å². The number of nitrogens with zero attached hydrogens (tertiary/aromatic N) is 1. The lowest BCUT2D eigenvalue weighted by atomic mass is 9.96. The third kappa shape index (κ3) is 2.71. The van der Waals surface area contributed by atoms with Gasteiger partial charge in [-0.2, -0.15) is 0 Å². The van der Waals surface area contributed by atoms with Crippen LogP contribution in [0.5, 0.6) is 11.5 Å². The summed E-state index contributed by atoms with van der Waals surface area (Å²) in [6.07, 6.45) is 1.50. The number of nitrogens with one attached hydrogen (secondary N) is 1. The second kappa shape index (κ2) is 5.83. The zero-order valence-corrected chi connectivity index (χ0v) is 13.2. The molecule has 7 heteroatoms. The molecule has 0 atom stereocenters. The molecule has 4 rings (SSSR count). The second-order valence-electron chi connectivity index (χ2n) is 6.37. The van der Waals surface area contributed by atoms with Gasteiger partial charge in [-0.05, 0) is 38.1 Å². The molecule has 3 N–H and O–H groups in total. The highest BCUT2D eigenvalue weighted by Crippen LogP contribution is 2.35. The molecule has 0 aliphatic carbocycles. The number of carbonyl (C=O) groups is 1. The number of pyridine rings is 1. The number of fused-ring (bicyclic) bond motifs is 2. The fourth-order valence-electron chi connectivity index (χ4n) is 3.38. The van der Waals surface area contributed by atoms with Gasteiger partial charge >= 0.3 is 0 Å². The summed E-state index contributed by atoms with van der Waals surface area (Å²) in [6, 6.07) is 5.58. The van der Waals surface area contributed by atoms with Crippen molar-refractivity contribution in [1.82, 2.24) is 9.88 Å². The van der Waals surface area contributed by atoms with Crippen LogP contribution in [-0.4, -0.2) is 35.7 Å². The van der Waals surface area contributed by atoms with Crippen molar-refractivity contribution in [3.63, 3.8) is 0 Å². The predicted molar refractivity (Wildman–Crippen MR) is 87.9 cm³/mol. The Bertz CT molecular complexity index is 853. The normalized spacial score (nSPS) is 18.2. The first-order chi connectivity index (χ1) is 11.6. The van der Waals surface area contributed by atoms with E-state index in [0.717, 1.165) is 36.8 Å². The number of H-pyrrole nitrogens is 1. The largest absolute Gasteiger partial charge is 0.454 e. The van der Waals surface area contributed by atoms with Crippen molar-refractivity contribution in [2.45, 2.75) is 19.4 Å². The summed E-state index contributed by atoms with van der Waals surface area (Å²) in [6.45, 7) is 2.31. The Morgan fingerprint density at radius 1 is 1.21 bits per heavy atom. The molecular formula is C17H19N3O4. The minimum atomic E-state index is -0.228. The van der Waals surface area contributed by atoms with E-state index in [1.807, 2.05) is 12.1 Å². The predicted octanol–water partition coefficient (Wildman–Crippen LogP) is 0.954. The van der Waals surface area contributed by atoms with Gasteiger partial charge in [0, 0.05) is 29.5 Å². The molecule has 1 amide bonds. The number of hydrogen-bond acceptors (Lipinski definition) is 5. The average molecular weight is 329 g/mol. The lowest BCUT2D eigenvalue weighted by molar-refractivity contribution is -0.123. The fourth-order valence-corrected chi connectivity index (χ4v) is 3.38. The van der Waals surface area contributed by atoms with Gasteiger partial charge in [-0.3, -0.25) is 14.5 Å². The van der Waals surface area contributed by atoms with E-state index in [4.69, 9.17) is 15.2 Å². The SMILES string of the molecule is NC(=O)C1CCN(Cc2cc3cc4c(cc3[nH]c2=O)OCO4)CC1. The maximum absolute atomic E-state index is 12.4. The molecule has 1 aromatic carbocycles. The average Bonchev–Trinajstić information content (AvgIpc) is 3.01. The van der Waals surface area contributed by atoms with Crippen LogP contribution in [0.15, 0.2) is 23.0 Å². The lowest BCUT2D eigenvalue weighted by Gasteiger charge is -2.30. The van der Waals surface area contributed by atoms with Crippen molar-refractivity contribution in [3.05, 3.63) is 34.1 Å². The van der Waals surface area contributed by atoms with E-state index in [1.165, 1.54) is 0 Å². The molecule has 24 heavy (non-hydrogen) atoms. The number of benzene rings is 1. The van der Waals surface area contributed by atoms with Crippen LogP contribution in [0.2, 0.25) is 0 Å². The molecule has 3 heterocycles. The fraction of sp³-hybridized carbons (Fsp3) is 0.412. The topological polar surface area (TPSA) is 97.7 Å². The summed E-state index contributed by atoms with van der Waals surface area (Å²) in [5.41, 5.74) is 6.71. The van der Waals surface area contributed by atoms with E-state index in [9.17, 15) is 9.59 Å². The highest BCUT2D eigenvalue weighted by molar-refractivity contribution is 5.83. The summed E-state index contributed by atoms with van der Waals surface area (Å²) in [4.78, 5) is 28.7. The number of aromatic amines is 1. The molecule has 0 spiro atoms. The van der Waals surface area contributed by atoms with Crippen LogP contribution in [0.25, 0.3) is 10.9 Å². The van der Waals surface area contributed by atoms with Crippen molar-refractivity contribution in [3.8, 4) is 11.5 Å². The summed E-state index contributed by atoms with van der Waals surface area (Å²) in [5.74, 6) is 1.08. The standard InChI is InChI=1S/C17H19N3O4/c18-16(21)10-1-3-20(4-2-10)8-12-5-11-6-14-15(24-9-23-14)7-13(11)19-17(12)22/h5-7,10H,1-4,8-9H2,(H2,18,21)(H,19,22). The first kappa shape index (κ1) is 15.0. The molecule has 0 saturated carbocycles. The Morgan fingerprint density at radius 3 is 2.62 bits per heavy atom. The molecule has 2 aromatic rings. The number of rotatable bonds is 3. The van der Waals surface area contributed by atoms with Gasteiger partial charge in [-0.1, -0.05) is 0 Å². The molecule has 1 fully saturated rings. The number of primary amides is 1. The van der Waals surface area contributed by atoms with Crippen LogP contribution >= 0.6 is 0 Å². The van der Waals surface area contributed by atoms with E-state index in [-0.39, 0.29) is 24.2 Å². The van der Waals surface area contributed by atoms with Gasteiger partial charge in [0.2, 0.25) is 12.7 Å². The van der Waals surface area contributed by atoms with Crippen molar-refractivity contribution in [1.29, 1.82) is 0 Å². The van der Waals surface area contributed by atoms with E-state index >= 15 is 0 Å². The van der Waals surface area contributed by atoms with Gasteiger partial charge in [0.05, 0.1) is 5.52 Å². The smallest absolute Gasteiger partial charge is 0.252 e. The van der Waals surface area contributed by atoms with Gasteiger partial charge in [-0.25, -0.2) is 0 Å². The van der Waals surface area contributed by atoms with Crippen molar-refractivity contribution >= 4 is 16.8 Å². The number of aromatic nitrogens is 1. The van der Waals surface area contributed by atoms with E-state index < -0.39 is 0 Å². The third-order valence-corrected chi connectivity index (χ3v) is 4.80. The first-order valence-electron chi connectivity index (χ1n) is 8.07.